The largest absolute Gasteiger partial charge is 0.328 e. The number of imide groups is 1. The van der Waals surface area contributed by atoms with Gasteiger partial charge in [-0.15, -0.1) is 0 Å². The summed E-state index contributed by atoms with van der Waals surface area (Å²) in [5.41, 5.74) is 1.47. The lowest BCUT2D eigenvalue weighted by atomic mass is 9.79. The maximum atomic E-state index is 14.1. The first-order valence-corrected chi connectivity index (χ1v) is 8.00. The Hall–Kier alpha value is -1.91. The third-order valence-electron chi connectivity index (χ3n) is 5.37. The monoisotopic (exact) mass is 302 g/mol. The minimum absolute atomic E-state index is 0.100. The number of urea groups is 1. The Morgan fingerprint density at radius 1 is 1.23 bits per heavy atom. The molecule has 3 amide bonds. The van der Waals surface area contributed by atoms with Crippen molar-refractivity contribution in [2.75, 3.05) is 6.54 Å². The Bertz CT molecular complexity index is 638. The molecule has 2 fully saturated rings. The lowest BCUT2D eigenvalue weighted by molar-refractivity contribution is -0.130. The van der Waals surface area contributed by atoms with Crippen LogP contribution in [0, 0.1) is 11.7 Å². The van der Waals surface area contributed by atoms with Crippen molar-refractivity contribution in [1.29, 1.82) is 0 Å². The van der Waals surface area contributed by atoms with Crippen molar-refractivity contribution in [2.24, 2.45) is 5.92 Å². The third kappa shape index (κ3) is 1.74. The van der Waals surface area contributed by atoms with Crippen LogP contribution in [-0.2, 0) is 11.2 Å². The zero-order chi connectivity index (χ0) is 15.4. The molecular weight excluding hydrogens is 283 g/mol. The van der Waals surface area contributed by atoms with Gasteiger partial charge in [0.25, 0.3) is 5.91 Å². The fourth-order valence-corrected chi connectivity index (χ4v) is 4.25. The summed E-state index contributed by atoms with van der Waals surface area (Å²) >= 11 is 0. The summed E-state index contributed by atoms with van der Waals surface area (Å²) in [6.07, 6.45) is 3.10. The minimum Gasteiger partial charge on any atom is -0.312 e. The normalized spacial score (nSPS) is 30.7. The van der Waals surface area contributed by atoms with Gasteiger partial charge in [0.2, 0.25) is 0 Å². The number of nitrogens with zero attached hydrogens (tertiary/aromatic N) is 2. The van der Waals surface area contributed by atoms with Crippen molar-refractivity contribution >= 4 is 11.9 Å². The highest BCUT2D eigenvalue weighted by atomic mass is 19.1. The van der Waals surface area contributed by atoms with E-state index < -0.39 is 0 Å². The molecule has 4 nitrogen and oxygen atoms in total. The Kier molecular flexibility index (Phi) is 2.99. The van der Waals surface area contributed by atoms with Crippen molar-refractivity contribution in [2.45, 2.75) is 44.7 Å². The highest BCUT2D eigenvalue weighted by molar-refractivity contribution is 6.05. The van der Waals surface area contributed by atoms with E-state index in [1.54, 1.807) is 11.0 Å². The standard InChI is InChI=1S/C17H19FN2O2/c1-10-7-8-11-12(4-2-5-13(11)18)15(10)20-16(21)14-6-3-9-19(14)17(20)22/h2,4-5,10,14-15H,3,6-9H2,1H3/t10-,14+,15-/m1/s1. The molecule has 5 heteroatoms. The van der Waals surface area contributed by atoms with E-state index in [1.165, 1.54) is 11.0 Å². The molecule has 0 N–H and O–H groups in total. The van der Waals surface area contributed by atoms with E-state index in [1.807, 2.05) is 13.0 Å². The Balaban J connectivity index is 1.78. The highest BCUT2D eigenvalue weighted by Crippen LogP contribution is 2.43. The predicted molar refractivity (Wildman–Crippen MR) is 78.6 cm³/mol. The molecule has 2 aliphatic heterocycles. The number of benzene rings is 1. The average molecular weight is 302 g/mol. The van der Waals surface area contributed by atoms with Crippen molar-refractivity contribution in [3.63, 3.8) is 0 Å². The lowest BCUT2D eigenvalue weighted by Gasteiger charge is -2.36. The molecule has 4 rings (SSSR count). The number of halogens is 1. The van der Waals surface area contributed by atoms with Crippen LogP contribution in [0.2, 0.25) is 0 Å². The second-order valence-corrected chi connectivity index (χ2v) is 6.61. The average Bonchev–Trinajstić information content (AvgIpc) is 3.06. The van der Waals surface area contributed by atoms with Crippen molar-refractivity contribution in [3.05, 3.63) is 35.1 Å². The lowest BCUT2D eigenvalue weighted by Crippen LogP contribution is -2.41. The summed E-state index contributed by atoms with van der Waals surface area (Å²) in [4.78, 5) is 28.5. The first kappa shape index (κ1) is 13.7. The minimum atomic E-state index is -0.329. The van der Waals surface area contributed by atoms with Crippen LogP contribution in [-0.4, -0.2) is 34.3 Å². The number of fused-ring (bicyclic) bond motifs is 2. The molecule has 0 aromatic heterocycles. The van der Waals surface area contributed by atoms with Crippen LogP contribution in [0.4, 0.5) is 9.18 Å². The Morgan fingerprint density at radius 2 is 2.05 bits per heavy atom. The van der Waals surface area contributed by atoms with Gasteiger partial charge in [0.1, 0.15) is 11.9 Å². The summed E-state index contributed by atoms with van der Waals surface area (Å²) in [5, 5.41) is 0. The van der Waals surface area contributed by atoms with Crippen LogP contribution in [0.25, 0.3) is 0 Å². The molecule has 2 saturated heterocycles. The molecule has 0 unspecified atom stereocenters. The number of carbonyl (C=O) groups excluding carboxylic acids is 2. The number of hydrogen-bond donors (Lipinski definition) is 0. The molecule has 0 bridgehead atoms. The molecular formula is C17H19FN2O2. The van der Waals surface area contributed by atoms with Crippen LogP contribution in [0.1, 0.15) is 43.4 Å². The maximum Gasteiger partial charge on any atom is 0.328 e. The van der Waals surface area contributed by atoms with E-state index in [9.17, 15) is 14.0 Å². The number of carbonyl (C=O) groups is 2. The van der Waals surface area contributed by atoms with Gasteiger partial charge >= 0.3 is 6.03 Å². The van der Waals surface area contributed by atoms with E-state index in [0.717, 1.165) is 24.8 Å². The smallest absolute Gasteiger partial charge is 0.312 e. The van der Waals surface area contributed by atoms with Crippen molar-refractivity contribution < 1.29 is 14.0 Å². The van der Waals surface area contributed by atoms with Gasteiger partial charge in [-0.05, 0) is 48.8 Å². The van der Waals surface area contributed by atoms with Crippen molar-refractivity contribution in [3.8, 4) is 0 Å². The third-order valence-corrected chi connectivity index (χ3v) is 5.37. The number of rotatable bonds is 1. The number of hydrogen-bond acceptors (Lipinski definition) is 2. The molecule has 116 valence electrons. The molecule has 1 aromatic rings. The van der Waals surface area contributed by atoms with Gasteiger partial charge in [-0.1, -0.05) is 19.1 Å². The number of amides is 3. The van der Waals surface area contributed by atoms with E-state index in [4.69, 9.17) is 0 Å². The van der Waals surface area contributed by atoms with Gasteiger partial charge in [0, 0.05) is 6.54 Å². The summed E-state index contributed by atoms with van der Waals surface area (Å²) in [7, 11) is 0. The second-order valence-electron chi connectivity index (χ2n) is 6.61. The quantitative estimate of drug-likeness (QED) is 0.748. The summed E-state index contributed by atoms with van der Waals surface area (Å²) < 4.78 is 14.1. The van der Waals surface area contributed by atoms with Gasteiger partial charge in [0.15, 0.2) is 0 Å². The molecule has 0 saturated carbocycles. The van der Waals surface area contributed by atoms with E-state index in [-0.39, 0.29) is 35.8 Å². The Morgan fingerprint density at radius 3 is 2.82 bits per heavy atom. The van der Waals surface area contributed by atoms with Gasteiger partial charge < -0.3 is 4.90 Å². The molecule has 0 spiro atoms. The fraction of sp³-hybridized carbons (Fsp3) is 0.529. The molecule has 2 heterocycles. The summed E-state index contributed by atoms with van der Waals surface area (Å²) in [5.74, 6) is -0.173. The molecule has 0 radical (unpaired) electrons. The zero-order valence-corrected chi connectivity index (χ0v) is 12.6. The molecule has 3 atom stereocenters. The van der Waals surface area contributed by atoms with Crippen molar-refractivity contribution in [1.82, 2.24) is 9.80 Å². The summed E-state index contributed by atoms with van der Waals surface area (Å²) in [6, 6.07) is 4.18. The second kappa shape index (κ2) is 4.80. The van der Waals surface area contributed by atoms with Gasteiger partial charge in [0.05, 0.1) is 6.04 Å². The molecule has 22 heavy (non-hydrogen) atoms. The van der Waals surface area contributed by atoms with Crippen LogP contribution < -0.4 is 0 Å². The highest BCUT2D eigenvalue weighted by Gasteiger charge is 2.51. The predicted octanol–water partition coefficient (Wildman–Crippen LogP) is 2.88. The van der Waals surface area contributed by atoms with Crippen LogP contribution >= 0.6 is 0 Å². The van der Waals surface area contributed by atoms with E-state index >= 15 is 0 Å². The van der Waals surface area contributed by atoms with Gasteiger partial charge in [-0.25, -0.2) is 9.18 Å². The summed E-state index contributed by atoms with van der Waals surface area (Å²) in [6.45, 7) is 2.70. The molecule has 3 aliphatic rings. The van der Waals surface area contributed by atoms with Gasteiger partial charge in [-0.2, -0.15) is 0 Å². The fourth-order valence-electron chi connectivity index (χ4n) is 4.25. The topological polar surface area (TPSA) is 40.6 Å². The first-order chi connectivity index (χ1) is 10.6. The SMILES string of the molecule is C[C@@H]1CCc2c(F)cccc2[C@@H]1N1C(=O)[C@@H]2CCCN2C1=O. The first-order valence-electron chi connectivity index (χ1n) is 8.00. The van der Waals surface area contributed by atoms with Gasteiger partial charge in [-0.3, -0.25) is 9.69 Å². The Labute approximate surface area is 128 Å². The van der Waals surface area contributed by atoms with Crippen LogP contribution in [0.15, 0.2) is 18.2 Å². The van der Waals surface area contributed by atoms with Crippen LogP contribution in [0.5, 0.6) is 0 Å². The van der Waals surface area contributed by atoms with E-state index in [0.29, 0.717) is 18.5 Å². The molecule has 1 aliphatic carbocycles. The zero-order valence-electron chi connectivity index (χ0n) is 12.6. The van der Waals surface area contributed by atoms with Crippen LogP contribution in [0.3, 0.4) is 0 Å². The maximum absolute atomic E-state index is 14.1. The van der Waals surface area contributed by atoms with E-state index in [2.05, 4.69) is 0 Å². The molecule has 1 aromatic carbocycles.